The molecule has 2 aromatic rings. The molecule has 0 aliphatic carbocycles. The Bertz CT molecular complexity index is 617. The van der Waals surface area contributed by atoms with Crippen LogP contribution in [0.2, 0.25) is 0 Å². The van der Waals surface area contributed by atoms with E-state index in [4.69, 9.17) is 9.47 Å². The van der Waals surface area contributed by atoms with E-state index in [1.54, 1.807) is 14.2 Å². The van der Waals surface area contributed by atoms with Crippen LogP contribution in [0.15, 0.2) is 53.4 Å². The monoisotopic (exact) mass is 319 g/mol. The largest absolute Gasteiger partial charge is 0.497 e. The number of rotatable bonds is 8. The average molecular weight is 319 g/mol. The molecule has 0 heterocycles. The van der Waals surface area contributed by atoms with Crippen molar-refractivity contribution in [1.82, 2.24) is 5.32 Å². The first-order valence-electron chi connectivity index (χ1n) is 7.09. The maximum Gasteiger partial charge on any atom is 0.123 e. The highest BCUT2D eigenvalue weighted by Gasteiger charge is 2.06. The summed E-state index contributed by atoms with van der Waals surface area (Å²) in [6, 6.07) is 15.2. The van der Waals surface area contributed by atoms with Gasteiger partial charge in [0.15, 0.2) is 0 Å². The van der Waals surface area contributed by atoms with Gasteiger partial charge >= 0.3 is 0 Å². The lowest BCUT2D eigenvalue weighted by atomic mass is 10.2. The van der Waals surface area contributed by atoms with Gasteiger partial charge in [0.05, 0.1) is 25.0 Å². The normalized spacial score (nSPS) is 11.9. The summed E-state index contributed by atoms with van der Waals surface area (Å²) in [4.78, 5) is 0.864. The molecule has 0 spiro atoms. The van der Waals surface area contributed by atoms with Gasteiger partial charge in [-0.25, -0.2) is 0 Å². The topological polar surface area (TPSA) is 47.6 Å². The second-order valence-electron chi connectivity index (χ2n) is 4.72. The molecular formula is C17H21NO3S. The predicted octanol–water partition coefficient (Wildman–Crippen LogP) is 2.60. The van der Waals surface area contributed by atoms with Crippen LogP contribution >= 0.6 is 0 Å². The third-order valence-electron chi connectivity index (χ3n) is 3.27. The van der Waals surface area contributed by atoms with Gasteiger partial charge in [0.25, 0.3) is 0 Å². The van der Waals surface area contributed by atoms with Gasteiger partial charge in [-0.05, 0) is 30.3 Å². The number of benzene rings is 2. The van der Waals surface area contributed by atoms with E-state index in [2.05, 4.69) is 5.32 Å². The Kier molecular flexibility index (Phi) is 6.43. The van der Waals surface area contributed by atoms with Gasteiger partial charge < -0.3 is 14.8 Å². The molecule has 0 saturated carbocycles. The van der Waals surface area contributed by atoms with E-state index in [1.165, 1.54) is 0 Å². The van der Waals surface area contributed by atoms with Crippen LogP contribution in [0.1, 0.15) is 5.56 Å². The van der Waals surface area contributed by atoms with E-state index in [9.17, 15) is 4.21 Å². The zero-order valence-electron chi connectivity index (χ0n) is 12.9. The van der Waals surface area contributed by atoms with Gasteiger partial charge in [-0.15, -0.1) is 0 Å². The summed E-state index contributed by atoms with van der Waals surface area (Å²) in [7, 11) is 2.32. The molecule has 0 fully saturated rings. The van der Waals surface area contributed by atoms with Crippen LogP contribution in [0.4, 0.5) is 0 Å². The molecule has 0 aliphatic rings. The molecule has 1 atom stereocenters. The lowest BCUT2D eigenvalue weighted by Gasteiger charge is -2.11. The Morgan fingerprint density at radius 1 is 1.05 bits per heavy atom. The highest BCUT2D eigenvalue weighted by atomic mass is 32.2. The standard InChI is InChI=1S/C17H21NO3S/c1-20-15-8-9-17(21-2)14(12-15)13-18-10-11-22(19)16-6-4-3-5-7-16/h3-9,12,18H,10-11,13H2,1-2H3/t22-/m1/s1. The van der Waals surface area contributed by atoms with Crippen molar-refractivity contribution in [2.75, 3.05) is 26.5 Å². The SMILES string of the molecule is COc1ccc(OC)c(CNCC[S@@](=O)c2ccccc2)c1. The highest BCUT2D eigenvalue weighted by molar-refractivity contribution is 7.85. The van der Waals surface area contributed by atoms with Crippen molar-refractivity contribution in [2.45, 2.75) is 11.4 Å². The predicted molar refractivity (Wildman–Crippen MR) is 89.0 cm³/mol. The van der Waals surface area contributed by atoms with Gasteiger partial charge in [0.2, 0.25) is 0 Å². The molecule has 0 amide bonds. The quantitative estimate of drug-likeness (QED) is 0.760. The van der Waals surface area contributed by atoms with Gasteiger partial charge in [-0.1, -0.05) is 18.2 Å². The minimum atomic E-state index is -0.973. The smallest absolute Gasteiger partial charge is 0.123 e. The number of ether oxygens (including phenoxy) is 2. The number of hydrogen-bond acceptors (Lipinski definition) is 4. The van der Waals surface area contributed by atoms with Crippen molar-refractivity contribution in [3.05, 3.63) is 54.1 Å². The van der Waals surface area contributed by atoms with Crippen LogP contribution in [-0.4, -0.2) is 30.7 Å². The maximum absolute atomic E-state index is 12.1. The van der Waals surface area contributed by atoms with Crippen LogP contribution in [0.5, 0.6) is 11.5 Å². The van der Waals surface area contributed by atoms with Crippen LogP contribution in [-0.2, 0) is 17.3 Å². The zero-order valence-corrected chi connectivity index (χ0v) is 13.7. The van der Waals surface area contributed by atoms with Crippen LogP contribution in [0.3, 0.4) is 0 Å². The molecule has 1 N–H and O–H groups in total. The third kappa shape index (κ3) is 4.58. The Morgan fingerprint density at radius 3 is 2.50 bits per heavy atom. The molecule has 0 saturated heterocycles. The summed E-state index contributed by atoms with van der Waals surface area (Å²) < 4.78 is 22.7. The average Bonchev–Trinajstić information content (AvgIpc) is 2.59. The van der Waals surface area contributed by atoms with Gasteiger partial charge in [-0.2, -0.15) is 0 Å². The van der Waals surface area contributed by atoms with Gasteiger partial charge in [0, 0.05) is 29.3 Å². The minimum Gasteiger partial charge on any atom is -0.497 e. The third-order valence-corrected chi connectivity index (χ3v) is 4.65. The van der Waals surface area contributed by atoms with Crippen LogP contribution in [0, 0.1) is 0 Å². The Hall–Kier alpha value is -1.85. The molecule has 0 aliphatic heterocycles. The first-order chi connectivity index (χ1) is 10.7. The molecular weight excluding hydrogens is 298 g/mol. The van der Waals surface area contributed by atoms with E-state index in [1.807, 2.05) is 48.5 Å². The summed E-state index contributed by atoms with van der Waals surface area (Å²) in [5.74, 6) is 2.19. The van der Waals surface area contributed by atoms with Crippen molar-refractivity contribution in [3.63, 3.8) is 0 Å². The molecule has 22 heavy (non-hydrogen) atoms. The fourth-order valence-electron chi connectivity index (χ4n) is 2.10. The second-order valence-corrected chi connectivity index (χ2v) is 6.29. The number of hydrogen-bond donors (Lipinski definition) is 1. The molecule has 4 nitrogen and oxygen atoms in total. The van der Waals surface area contributed by atoms with Crippen molar-refractivity contribution in [2.24, 2.45) is 0 Å². The van der Waals surface area contributed by atoms with E-state index in [-0.39, 0.29) is 0 Å². The van der Waals surface area contributed by atoms with E-state index in [0.717, 1.165) is 22.0 Å². The summed E-state index contributed by atoms with van der Waals surface area (Å²) >= 11 is 0. The van der Waals surface area contributed by atoms with Crippen molar-refractivity contribution in [3.8, 4) is 11.5 Å². The van der Waals surface area contributed by atoms with Gasteiger partial charge in [-0.3, -0.25) is 4.21 Å². The fourth-order valence-corrected chi connectivity index (χ4v) is 3.12. The van der Waals surface area contributed by atoms with Crippen molar-refractivity contribution in [1.29, 1.82) is 0 Å². The molecule has 0 bridgehead atoms. The summed E-state index contributed by atoms with van der Waals surface area (Å²) in [6.45, 7) is 1.31. The van der Waals surface area contributed by atoms with Crippen LogP contribution < -0.4 is 14.8 Å². The molecule has 0 aromatic heterocycles. The van der Waals surface area contributed by atoms with Gasteiger partial charge in [0.1, 0.15) is 11.5 Å². The zero-order chi connectivity index (χ0) is 15.8. The van der Waals surface area contributed by atoms with E-state index >= 15 is 0 Å². The lowest BCUT2D eigenvalue weighted by molar-refractivity contribution is 0.397. The molecule has 2 rings (SSSR count). The molecule has 118 valence electrons. The maximum atomic E-state index is 12.1. The van der Waals surface area contributed by atoms with E-state index < -0.39 is 10.8 Å². The molecule has 0 radical (unpaired) electrons. The molecule has 0 unspecified atom stereocenters. The Morgan fingerprint density at radius 2 is 1.82 bits per heavy atom. The Balaban J connectivity index is 1.85. The Labute approximate surface area is 133 Å². The number of nitrogens with one attached hydrogen (secondary N) is 1. The number of methoxy groups -OCH3 is 2. The fraction of sp³-hybridized carbons (Fsp3) is 0.294. The van der Waals surface area contributed by atoms with E-state index in [0.29, 0.717) is 18.8 Å². The first-order valence-corrected chi connectivity index (χ1v) is 8.41. The lowest BCUT2D eigenvalue weighted by Crippen LogP contribution is -2.20. The van der Waals surface area contributed by atoms with Crippen molar-refractivity contribution < 1.29 is 13.7 Å². The van der Waals surface area contributed by atoms with Crippen LogP contribution in [0.25, 0.3) is 0 Å². The summed E-state index contributed by atoms with van der Waals surface area (Å²) in [5, 5.41) is 3.30. The second kappa shape index (κ2) is 8.56. The minimum absolute atomic E-state index is 0.580. The highest BCUT2D eigenvalue weighted by Crippen LogP contribution is 2.23. The molecule has 5 heteroatoms. The molecule has 2 aromatic carbocycles. The summed E-state index contributed by atoms with van der Waals surface area (Å²) in [5.41, 5.74) is 1.02. The summed E-state index contributed by atoms with van der Waals surface area (Å²) in [6.07, 6.45) is 0. The first kappa shape index (κ1) is 16.5. The van der Waals surface area contributed by atoms with Crippen molar-refractivity contribution >= 4 is 10.8 Å².